The van der Waals surface area contributed by atoms with E-state index in [-0.39, 0.29) is 0 Å². The zero-order chi connectivity index (χ0) is 8.55. The van der Waals surface area contributed by atoms with Gasteiger partial charge in [-0.2, -0.15) is 0 Å². The number of hydrogen-bond acceptors (Lipinski definition) is 2. The van der Waals surface area contributed by atoms with Crippen LogP contribution in [0.5, 0.6) is 0 Å². The van der Waals surface area contributed by atoms with Gasteiger partial charge in [-0.25, -0.2) is 9.97 Å². The van der Waals surface area contributed by atoms with Crippen molar-refractivity contribution in [3.8, 4) is 0 Å². The van der Waals surface area contributed by atoms with Crippen LogP contribution in [0.25, 0.3) is 11.0 Å². The minimum absolute atomic E-state index is 0.830. The fourth-order valence-corrected chi connectivity index (χ4v) is 1.50. The Balaban J connectivity index is 2.73. The summed E-state index contributed by atoms with van der Waals surface area (Å²) in [6.45, 7) is 3.02. The number of aromatic nitrogens is 3. The molecule has 4 heteroatoms. The van der Waals surface area contributed by atoms with E-state index >= 15 is 0 Å². The summed E-state index contributed by atoms with van der Waals surface area (Å²) in [5, 5.41) is 0. The van der Waals surface area contributed by atoms with Crippen LogP contribution in [0.15, 0.2) is 23.2 Å². The summed E-state index contributed by atoms with van der Waals surface area (Å²) < 4.78 is 2.89. The molecule has 3 nitrogen and oxygen atoms in total. The molecule has 0 saturated carbocycles. The Morgan fingerprint density at radius 1 is 1.50 bits per heavy atom. The summed E-state index contributed by atoms with van der Waals surface area (Å²) in [6.07, 6.45) is 3.66. The third-order valence-electron chi connectivity index (χ3n) is 1.81. The molecule has 12 heavy (non-hydrogen) atoms. The first-order chi connectivity index (χ1) is 5.81. The first-order valence-corrected chi connectivity index (χ1v) is 4.57. The number of halogens is 1. The van der Waals surface area contributed by atoms with E-state index in [9.17, 15) is 0 Å². The van der Waals surface area contributed by atoms with Gasteiger partial charge in [0.25, 0.3) is 0 Å². The normalized spacial score (nSPS) is 10.8. The van der Waals surface area contributed by atoms with E-state index in [0.29, 0.717) is 0 Å². The van der Waals surface area contributed by atoms with Crippen LogP contribution in [0.2, 0.25) is 0 Å². The number of pyridine rings is 1. The molecule has 2 rings (SSSR count). The Morgan fingerprint density at radius 2 is 2.33 bits per heavy atom. The standard InChI is InChI=1S/C8H8BrN3/c1-2-12-5-11-6-3-8(9)10-4-7(6)12/h3-5H,2H2,1H3. The van der Waals surface area contributed by atoms with E-state index in [4.69, 9.17) is 0 Å². The molecule has 2 aromatic heterocycles. The van der Waals surface area contributed by atoms with Gasteiger partial charge in [0.05, 0.1) is 23.6 Å². The molecule has 0 aliphatic rings. The quantitative estimate of drug-likeness (QED) is 0.698. The van der Waals surface area contributed by atoms with Crippen LogP contribution in [0.1, 0.15) is 6.92 Å². The van der Waals surface area contributed by atoms with Gasteiger partial charge in [0.2, 0.25) is 0 Å². The maximum Gasteiger partial charge on any atom is 0.108 e. The highest BCUT2D eigenvalue weighted by atomic mass is 79.9. The SMILES string of the molecule is CCn1cnc2cc(Br)ncc21. The van der Waals surface area contributed by atoms with E-state index in [0.717, 1.165) is 22.2 Å². The zero-order valence-corrected chi connectivity index (χ0v) is 8.24. The van der Waals surface area contributed by atoms with Gasteiger partial charge in [0.15, 0.2) is 0 Å². The highest BCUT2D eigenvalue weighted by Crippen LogP contribution is 2.15. The van der Waals surface area contributed by atoms with Gasteiger partial charge in [-0.3, -0.25) is 0 Å². The van der Waals surface area contributed by atoms with Crippen molar-refractivity contribution in [3.05, 3.63) is 23.2 Å². The average Bonchev–Trinajstić information content (AvgIpc) is 2.46. The lowest BCUT2D eigenvalue weighted by atomic mass is 10.4. The summed E-state index contributed by atoms with van der Waals surface area (Å²) >= 11 is 3.30. The Morgan fingerprint density at radius 3 is 3.08 bits per heavy atom. The van der Waals surface area contributed by atoms with Crippen molar-refractivity contribution in [1.29, 1.82) is 0 Å². The van der Waals surface area contributed by atoms with Crippen molar-refractivity contribution >= 4 is 27.0 Å². The molecule has 0 aliphatic carbocycles. The van der Waals surface area contributed by atoms with Gasteiger partial charge in [-0.05, 0) is 28.9 Å². The summed E-state index contributed by atoms with van der Waals surface area (Å²) in [7, 11) is 0. The van der Waals surface area contributed by atoms with E-state index in [1.165, 1.54) is 0 Å². The van der Waals surface area contributed by atoms with Crippen molar-refractivity contribution in [2.24, 2.45) is 0 Å². The van der Waals surface area contributed by atoms with Crippen molar-refractivity contribution in [1.82, 2.24) is 14.5 Å². The summed E-state index contributed by atoms with van der Waals surface area (Å²) in [5.41, 5.74) is 2.07. The predicted molar refractivity (Wildman–Crippen MR) is 50.9 cm³/mol. The molecule has 62 valence electrons. The lowest BCUT2D eigenvalue weighted by Gasteiger charge is -1.96. The second-order valence-corrected chi connectivity index (χ2v) is 3.34. The molecule has 0 N–H and O–H groups in total. The molecule has 0 fully saturated rings. The topological polar surface area (TPSA) is 30.7 Å². The minimum atomic E-state index is 0.830. The van der Waals surface area contributed by atoms with Gasteiger partial charge in [-0.1, -0.05) is 0 Å². The lowest BCUT2D eigenvalue weighted by Crippen LogP contribution is -1.90. The Bertz CT molecular complexity index is 408. The minimum Gasteiger partial charge on any atom is -0.330 e. The van der Waals surface area contributed by atoms with Crippen molar-refractivity contribution in [3.63, 3.8) is 0 Å². The Labute approximate surface area is 78.6 Å². The maximum absolute atomic E-state index is 4.24. The second kappa shape index (κ2) is 2.86. The molecule has 0 aromatic carbocycles. The third-order valence-corrected chi connectivity index (χ3v) is 2.25. The summed E-state index contributed by atoms with van der Waals surface area (Å²) in [4.78, 5) is 8.39. The predicted octanol–water partition coefficient (Wildman–Crippen LogP) is 2.21. The molecule has 0 aliphatic heterocycles. The first kappa shape index (κ1) is 7.73. The third kappa shape index (κ3) is 1.12. The number of imidazole rings is 1. The van der Waals surface area contributed by atoms with Crippen LogP contribution in [0.3, 0.4) is 0 Å². The summed E-state index contributed by atoms with van der Waals surface area (Å²) in [5.74, 6) is 0. The van der Waals surface area contributed by atoms with E-state index in [1.807, 2.05) is 18.6 Å². The van der Waals surface area contributed by atoms with Crippen molar-refractivity contribution in [2.45, 2.75) is 13.5 Å². The maximum atomic E-state index is 4.24. The van der Waals surface area contributed by atoms with Crippen LogP contribution in [-0.2, 0) is 6.54 Å². The van der Waals surface area contributed by atoms with Gasteiger partial charge in [0.1, 0.15) is 4.60 Å². The average molecular weight is 226 g/mol. The molecule has 0 radical (unpaired) electrons. The number of aryl methyl sites for hydroxylation is 1. The highest BCUT2D eigenvalue weighted by Gasteiger charge is 2.00. The molecular weight excluding hydrogens is 218 g/mol. The summed E-state index contributed by atoms with van der Waals surface area (Å²) in [6, 6.07) is 1.92. The Hall–Kier alpha value is -0.900. The molecule has 0 unspecified atom stereocenters. The number of fused-ring (bicyclic) bond motifs is 1. The molecule has 2 heterocycles. The van der Waals surface area contributed by atoms with E-state index in [2.05, 4.69) is 37.4 Å². The van der Waals surface area contributed by atoms with Crippen LogP contribution < -0.4 is 0 Å². The number of hydrogen-bond donors (Lipinski definition) is 0. The molecule has 0 saturated heterocycles. The number of nitrogens with zero attached hydrogens (tertiary/aromatic N) is 3. The molecule has 0 atom stereocenters. The molecule has 0 amide bonds. The van der Waals surface area contributed by atoms with Crippen LogP contribution in [0.4, 0.5) is 0 Å². The fourth-order valence-electron chi connectivity index (χ4n) is 1.18. The van der Waals surface area contributed by atoms with Gasteiger partial charge in [0, 0.05) is 6.54 Å². The smallest absolute Gasteiger partial charge is 0.108 e. The van der Waals surface area contributed by atoms with Crippen molar-refractivity contribution in [2.75, 3.05) is 0 Å². The lowest BCUT2D eigenvalue weighted by molar-refractivity contribution is 0.785. The van der Waals surface area contributed by atoms with Crippen molar-refractivity contribution < 1.29 is 0 Å². The molecular formula is C8H8BrN3. The number of rotatable bonds is 1. The van der Waals surface area contributed by atoms with E-state index in [1.54, 1.807) is 0 Å². The highest BCUT2D eigenvalue weighted by molar-refractivity contribution is 9.10. The monoisotopic (exact) mass is 225 g/mol. The fraction of sp³-hybridized carbons (Fsp3) is 0.250. The largest absolute Gasteiger partial charge is 0.330 e. The zero-order valence-electron chi connectivity index (χ0n) is 6.66. The van der Waals surface area contributed by atoms with Gasteiger partial charge in [-0.15, -0.1) is 0 Å². The van der Waals surface area contributed by atoms with Gasteiger partial charge >= 0.3 is 0 Å². The Kier molecular flexibility index (Phi) is 1.84. The van der Waals surface area contributed by atoms with Crippen LogP contribution in [0, 0.1) is 0 Å². The molecule has 0 spiro atoms. The second-order valence-electron chi connectivity index (χ2n) is 2.53. The van der Waals surface area contributed by atoms with Crippen LogP contribution >= 0.6 is 15.9 Å². The van der Waals surface area contributed by atoms with Crippen LogP contribution in [-0.4, -0.2) is 14.5 Å². The molecule has 2 aromatic rings. The molecule has 0 bridgehead atoms. The first-order valence-electron chi connectivity index (χ1n) is 3.77. The van der Waals surface area contributed by atoms with Gasteiger partial charge < -0.3 is 4.57 Å². The van der Waals surface area contributed by atoms with E-state index < -0.39 is 0 Å².